The van der Waals surface area contributed by atoms with Crippen molar-refractivity contribution in [2.75, 3.05) is 0 Å². The molecule has 0 atom stereocenters. The molecule has 3 aromatic rings. The number of hydrogen-bond acceptors (Lipinski definition) is 4. The molecule has 0 bridgehead atoms. The van der Waals surface area contributed by atoms with Crippen LogP contribution in [0.15, 0.2) is 39.5 Å². The molecular formula is C17H17N3O3. The van der Waals surface area contributed by atoms with Gasteiger partial charge in [0.1, 0.15) is 11.1 Å². The molecule has 2 heterocycles. The van der Waals surface area contributed by atoms with Crippen LogP contribution in [0.5, 0.6) is 0 Å². The lowest BCUT2D eigenvalue weighted by atomic mass is 10.1. The third kappa shape index (κ3) is 2.75. The molecule has 0 aliphatic carbocycles. The van der Waals surface area contributed by atoms with E-state index >= 15 is 0 Å². The summed E-state index contributed by atoms with van der Waals surface area (Å²) in [5, 5.41) is 7.78. The average Bonchev–Trinajstić information content (AvgIpc) is 2.77. The highest BCUT2D eigenvalue weighted by Crippen LogP contribution is 2.14. The Morgan fingerprint density at radius 2 is 2.04 bits per heavy atom. The van der Waals surface area contributed by atoms with Crippen molar-refractivity contribution in [3.05, 3.63) is 63.3 Å². The molecule has 0 saturated heterocycles. The van der Waals surface area contributed by atoms with Crippen LogP contribution in [0.2, 0.25) is 0 Å². The number of carbonyl (C=O) groups excluding carboxylic acids is 1. The fourth-order valence-electron chi connectivity index (χ4n) is 2.56. The first-order valence-corrected chi connectivity index (χ1v) is 7.27. The van der Waals surface area contributed by atoms with Crippen molar-refractivity contribution < 1.29 is 9.21 Å². The Balaban J connectivity index is 1.86. The zero-order valence-electron chi connectivity index (χ0n) is 13.2. The van der Waals surface area contributed by atoms with Crippen molar-refractivity contribution >= 4 is 16.9 Å². The molecule has 0 aliphatic rings. The minimum atomic E-state index is -0.638. The van der Waals surface area contributed by atoms with E-state index in [-0.39, 0.29) is 5.56 Å². The predicted molar refractivity (Wildman–Crippen MR) is 86.3 cm³/mol. The van der Waals surface area contributed by atoms with Gasteiger partial charge in [0.05, 0.1) is 5.69 Å². The van der Waals surface area contributed by atoms with Gasteiger partial charge in [-0.05, 0) is 26.0 Å². The third-order valence-electron chi connectivity index (χ3n) is 3.97. The Kier molecular flexibility index (Phi) is 3.73. The van der Waals surface area contributed by atoms with E-state index in [0.29, 0.717) is 17.5 Å². The van der Waals surface area contributed by atoms with Gasteiger partial charge in [-0.25, -0.2) is 4.79 Å². The molecule has 6 nitrogen and oxygen atoms in total. The van der Waals surface area contributed by atoms with E-state index in [4.69, 9.17) is 4.42 Å². The van der Waals surface area contributed by atoms with E-state index in [2.05, 4.69) is 10.4 Å². The van der Waals surface area contributed by atoms with Gasteiger partial charge in [-0.15, -0.1) is 0 Å². The molecule has 1 aromatic carbocycles. The Bertz CT molecular complexity index is 953. The van der Waals surface area contributed by atoms with Crippen LogP contribution < -0.4 is 10.9 Å². The molecule has 0 aliphatic heterocycles. The molecule has 6 heteroatoms. The molecule has 0 radical (unpaired) electrons. The van der Waals surface area contributed by atoms with Crippen LogP contribution in [0.4, 0.5) is 0 Å². The number of rotatable bonds is 3. The Labute approximate surface area is 132 Å². The number of aromatic nitrogens is 2. The topological polar surface area (TPSA) is 77.1 Å². The maximum absolute atomic E-state index is 12.3. The Morgan fingerprint density at radius 3 is 2.74 bits per heavy atom. The lowest BCUT2D eigenvalue weighted by molar-refractivity contribution is 0.0947. The molecule has 0 spiro atoms. The van der Waals surface area contributed by atoms with Gasteiger partial charge in [0.2, 0.25) is 0 Å². The quantitative estimate of drug-likeness (QED) is 0.751. The van der Waals surface area contributed by atoms with Crippen LogP contribution in [0.25, 0.3) is 11.0 Å². The Morgan fingerprint density at radius 1 is 1.30 bits per heavy atom. The summed E-state index contributed by atoms with van der Waals surface area (Å²) in [5.41, 5.74) is 2.62. The largest absolute Gasteiger partial charge is 0.422 e. The number of fused-ring (bicyclic) bond motifs is 1. The van der Waals surface area contributed by atoms with Crippen LogP contribution in [-0.4, -0.2) is 15.7 Å². The normalized spacial score (nSPS) is 10.9. The number of aryl methyl sites for hydroxylation is 2. The summed E-state index contributed by atoms with van der Waals surface area (Å²) in [7, 11) is 1.85. The van der Waals surface area contributed by atoms with E-state index in [1.54, 1.807) is 28.9 Å². The molecule has 1 N–H and O–H groups in total. The summed E-state index contributed by atoms with van der Waals surface area (Å²) in [5.74, 6) is -0.452. The number of hydrogen-bond donors (Lipinski definition) is 1. The number of nitrogens with zero attached hydrogens (tertiary/aromatic N) is 2. The van der Waals surface area contributed by atoms with E-state index in [9.17, 15) is 9.59 Å². The van der Waals surface area contributed by atoms with Crippen molar-refractivity contribution in [1.82, 2.24) is 15.1 Å². The van der Waals surface area contributed by atoms with Crippen LogP contribution in [0.1, 0.15) is 27.3 Å². The summed E-state index contributed by atoms with van der Waals surface area (Å²) in [6, 6.07) is 8.65. The van der Waals surface area contributed by atoms with Gasteiger partial charge in [-0.3, -0.25) is 9.48 Å². The smallest absolute Gasteiger partial charge is 0.349 e. The summed E-state index contributed by atoms with van der Waals surface area (Å²) < 4.78 is 6.95. The van der Waals surface area contributed by atoms with Gasteiger partial charge in [0.15, 0.2) is 0 Å². The number of para-hydroxylation sites is 1. The van der Waals surface area contributed by atoms with Crippen molar-refractivity contribution in [1.29, 1.82) is 0 Å². The van der Waals surface area contributed by atoms with Crippen molar-refractivity contribution in [2.24, 2.45) is 7.05 Å². The van der Waals surface area contributed by atoms with Gasteiger partial charge in [0, 0.05) is 30.2 Å². The maximum Gasteiger partial charge on any atom is 0.349 e. The number of benzene rings is 1. The second kappa shape index (κ2) is 5.72. The third-order valence-corrected chi connectivity index (χ3v) is 3.97. The van der Waals surface area contributed by atoms with E-state index in [1.807, 2.05) is 27.0 Å². The monoisotopic (exact) mass is 311 g/mol. The lowest BCUT2D eigenvalue weighted by Gasteiger charge is -2.06. The first-order chi connectivity index (χ1) is 11.0. The van der Waals surface area contributed by atoms with E-state index in [0.717, 1.165) is 17.0 Å². The van der Waals surface area contributed by atoms with Crippen molar-refractivity contribution in [3.63, 3.8) is 0 Å². The minimum absolute atomic E-state index is 0.00268. The maximum atomic E-state index is 12.3. The van der Waals surface area contributed by atoms with Crippen LogP contribution in [0.3, 0.4) is 0 Å². The van der Waals surface area contributed by atoms with Crippen molar-refractivity contribution in [3.8, 4) is 0 Å². The van der Waals surface area contributed by atoms with Gasteiger partial charge in [0.25, 0.3) is 5.91 Å². The van der Waals surface area contributed by atoms with Gasteiger partial charge >= 0.3 is 5.63 Å². The van der Waals surface area contributed by atoms with Gasteiger partial charge < -0.3 is 9.73 Å². The standard InChI is InChI=1S/C17H17N3O3/c1-10-14(11(2)20(3)19-10)9-18-16(21)13-8-12-6-4-5-7-15(12)23-17(13)22/h4-8H,9H2,1-3H3,(H,18,21). The second-order valence-electron chi connectivity index (χ2n) is 5.44. The molecule has 0 unspecified atom stereocenters. The van der Waals surface area contributed by atoms with Gasteiger partial charge in [-0.2, -0.15) is 5.10 Å². The fraction of sp³-hybridized carbons (Fsp3) is 0.235. The molecule has 3 rings (SSSR count). The molecule has 23 heavy (non-hydrogen) atoms. The SMILES string of the molecule is Cc1nn(C)c(C)c1CNC(=O)c1cc2ccccc2oc1=O. The molecular weight excluding hydrogens is 294 g/mol. The first-order valence-electron chi connectivity index (χ1n) is 7.27. The van der Waals surface area contributed by atoms with E-state index in [1.165, 1.54) is 0 Å². The first kappa shape index (κ1) is 15.0. The van der Waals surface area contributed by atoms with E-state index < -0.39 is 11.5 Å². The summed E-state index contributed by atoms with van der Waals surface area (Å²) in [4.78, 5) is 24.3. The molecule has 0 saturated carbocycles. The Hall–Kier alpha value is -2.89. The highest BCUT2D eigenvalue weighted by Gasteiger charge is 2.15. The van der Waals surface area contributed by atoms with Crippen LogP contribution >= 0.6 is 0 Å². The fourth-order valence-corrected chi connectivity index (χ4v) is 2.56. The number of nitrogens with one attached hydrogen (secondary N) is 1. The van der Waals surface area contributed by atoms with Gasteiger partial charge in [-0.1, -0.05) is 18.2 Å². The molecule has 0 fully saturated rings. The number of amides is 1. The molecule has 1 amide bonds. The van der Waals surface area contributed by atoms with Crippen LogP contribution in [-0.2, 0) is 13.6 Å². The summed E-state index contributed by atoms with van der Waals surface area (Å²) in [6.07, 6.45) is 0. The summed E-state index contributed by atoms with van der Waals surface area (Å²) in [6.45, 7) is 4.14. The molecule has 118 valence electrons. The molecule has 2 aromatic heterocycles. The average molecular weight is 311 g/mol. The van der Waals surface area contributed by atoms with Crippen molar-refractivity contribution in [2.45, 2.75) is 20.4 Å². The van der Waals surface area contributed by atoms with Crippen LogP contribution in [0, 0.1) is 13.8 Å². The lowest BCUT2D eigenvalue weighted by Crippen LogP contribution is -2.28. The zero-order chi connectivity index (χ0) is 16.6. The summed E-state index contributed by atoms with van der Waals surface area (Å²) >= 11 is 0. The second-order valence-corrected chi connectivity index (χ2v) is 5.44. The highest BCUT2D eigenvalue weighted by molar-refractivity contribution is 5.96. The number of carbonyl (C=O) groups is 1. The minimum Gasteiger partial charge on any atom is -0.422 e. The zero-order valence-corrected chi connectivity index (χ0v) is 13.2. The highest BCUT2D eigenvalue weighted by atomic mass is 16.4. The predicted octanol–water partition coefficient (Wildman–Crippen LogP) is 2.07.